The van der Waals surface area contributed by atoms with Crippen LogP contribution in [0.15, 0.2) is 34.3 Å². The summed E-state index contributed by atoms with van der Waals surface area (Å²) >= 11 is 0. The first-order valence-corrected chi connectivity index (χ1v) is 12.8. The number of aliphatic imine (C=N–C) groups is 2. The lowest BCUT2D eigenvalue weighted by Gasteiger charge is -2.38. The highest BCUT2D eigenvalue weighted by Gasteiger charge is 2.32. The summed E-state index contributed by atoms with van der Waals surface area (Å²) in [5.41, 5.74) is 13.2. The average Bonchev–Trinajstić information content (AvgIpc) is 2.71. The van der Waals surface area contributed by atoms with Crippen LogP contribution < -0.4 is 16.4 Å². The van der Waals surface area contributed by atoms with Gasteiger partial charge >= 0.3 is 0 Å². The number of hydrogen-bond donors (Lipinski definition) is 3. The number of amides is 1. The van der Waals surface area contributed by atoms with Gasteiger partial charge in [-0.15, -0.1) is 0 Å². The number of anilines is 1. The molecule has 0 aromatic heterocycles. The van der Waals surface area contributed by atoms with Crippen molar-refractivity contribution in [1.82, 2.24) is 4.90 Å². The third-order valence-electron chi connectivity index (χ3n) is 4.92. The van der Waals surface area contributed by atoms with E-state index in [-0.39, 0.29) is 17.6 Å². The Hall–Kier alpha value is -2.66. The van der Waals surface area contributed by atoms with Crippen molar-refractivity contribution in [2.75, 3.05) is 23.7 Å². The maximum atomic E-state index is 12.4. The molecule has 1 aliphatic heterocycles. The van der Waals surface area contributed by atoms with Gasteiger partial charge in [0.1, 0.15) is 5.66 Å². The van der Waals surface area contributed by atoms with Crippen molar-refractivity contribution < 1.29 is 17.8 Å². The van der Waals surface area contributed by atoms with Crippen molar-refractivity contribution >= 4 is 33.6 Å². The molecule has 0 unspecified atom stereocenters. The Morgan fingerprint density at radius 1 is 1.09 bits per heavy atom. The predicted octanol–water partition coefficient (Wildman–Crippen LogP) is 2.35. The van der Waals surface area contributed by atoms with Crippen LogP contribution in [0, 0.1) is 0 Å². The molecule has 10 nitrogen and oxygen atoms in total. The molecule has 0 radical (unpaired) electrons. The molecule has 33 heavy (non-hydrogen) atoms. The largest absolute Gasteiger partial charge is 0.369 e. The first-order valence-electron chi connectivity index (χ1n) is 11.2. The maximum Gasteiger partial charge on any atom is 0.264 e. The Morgan fingerprint density at radius 2 is 1.61 bits per heavy atom. The van der Waals surface area contributed by atoms with Crippen molar-refractivity contribution in [2.45, 2.75) is 66.0 Å². The van der Waals surface area contributed by atoms with E-state index >= 15 is 0 Å². The second-order valence-corrected chi connectivity index (χ2v) is 9.93. The van der Waals surface area contributed by atoms with Gasteiger partial charge in [0.25, 0.3) is 10.1 Å². The number of nitrogens with zero attached hydrogens (tertiary/aromatic N) is 4. The third kappa shape index (κ3) is 9.39. The van der Waals surface area contributed by atoms with Crippen LogP contribution in [0.5, 0.6) is 0 Å². The number of rotatable bonds is 9. The highest BCUT2D eigenvalue weighted by atomic mass is 32.2. The standard InChI is InChI=1S/C20H32N6O.C2H6O3S/c1-5-13-25(14-6-2)17(27)12-9-15-7-10-16(11-8-15)26-19(22)23-18(21)24-20(26,3)4;1-2-6(3,4)5/h7-8,10-11H,5-6,9,12-14H2,1-4H3,(H4,21,22,23,24);2H2,1H3,(H,3,4,5). The average molecular weight is 483 g/mol. The molecule has 1 amide bonds. The zero-order valence-electron chi connectivity index (χ0n) is 20.3. The Kier molecular flexibility index (Phi) is 10.8. The minimum atomic E-state index is -3.66. The number of hydrogen-bond acceptors (Lipinski definition) is 8. The molecule has 0 saturated carbocycles. The molecule has 11 heteroatoms. The van der Waals surface area contributed by atoms with Gasteiger partial charge in [-0.1, -0.05) is 26.0 Å². The molecule has 5 N–H and O–H groups in total. The summed E-state index contributed by atoms with van der Waals surface area (Å²) in [4.78, 5) is 24.7. The smallest absolute Gasteiger partial charge is 0.264 e. The predicted molar refractivity (Wildman–Crippen MR) is 134 cm³/mol. The van der Waals surface area contributed by atoms with Crippen LogP contribution in [0.25, 0.3) is 0 Å². The number of carbonyl (C=O) groups excluding carboxylic acids is 1. The van der Waals surface area contributed by atoms with E-state index in [2.05, 4.69) is 23.8 Å². The van der Waals surface area contributed by atoms with Crippen LogP contribution in [0.3, 0.4) is 0 Å². The summed E-state index contributed by atoms with van der Waals surface area (Å²) in [6.07, 6.45) is 3.23. The van der Waals surface area contributed by atoms with E-state index in [1.54, 1.807) is 0 Å². The summed E-state index contributed by atoms with van der Waals surface area (Å²) in [6.45, 7) is 11.1. The SMILES string of the molecule is CCCN(CCC)C(=O)CCc1ccc(N2C(N)=NC(N)=NC2(C)C)cc1.CCS(=O)(=O)O. The molecule has 0 spiro atoms. The number of aryl methyl sites for hydroxylation is 1. The van der Waals surface area contributed by atoms with Gasteiger partial charge in [-0.3, -0.25) is 14.2 Å². The Balaban J connectivity index is 0.000000801. The molecular formula is C22H38N6O4S. The van der Waals surface area contributed by atoms with Crippen molar-refractivity contribution in [3.63, 3.8) is 0 Å². The van der Waals surface area contributed by atoms with Gasteiger partial charge in [0.2, 0.25) is 17.8 Å². The van der Waals surface area contributed by atoms with Gasteiger partial charge in [-0.25, -0.2) is 4.99 Å². The van der Waals surface area contributed by atoms with E-state index in [1.807, 2.05) is 47.9 Å². The molecule has 1 aliphatic rings. The molecule has 2 rings (SSSR count). The van der Waals surface area contributed by atoms with Crippen molar-refractivity contribution in [2.24, 2.45) is 21.5 Å². The molecule has 1 aromatic carbocycles. The van der Waals surface area contributed by atoms with E-state index in [4.69, 9.17) is 16.0 Å². The molecule has 0 bridgehead atoms. The van der Waals surface area contributed by atoms with Crippen LogP contribution in [-0.2, 0) is 21.3 Å². The second kappa shape index (κ2) is 12.5. The minimum Gasteiger partial charge on any atom is -0.369 e. The summed E-state index contributed by atoms with van der Waals surface area (Å²) in [7, 11) is -3.66. The molecule has 0 atom stereocenters. The topological polar surface area (TPSA) is 155 Å². The fourth-order valence-electron chi connectivity index (χ4n) is 3.37. The monoisotopic (exact) mass is 482 g/mol. The second-order valence-electron chi connectivity index (χ2n) is 8.19. The Labute approximate surface area is 197 Å². The summed E-state index contributed by atoms with van der Waals surface area (Å²) in [5.74, 6) is 0.534. The van der Waals surface area contributed by atoms with Crippen molar-refractivity contribution in [3.05, 3.63) is 29.8 Å². The first kappa shape index (κ1) is 28.4. The number of carbonyl (C=O) groups is 1. The van der Waals surface area contributed by atoms with Gasteiger partial charge in [0.05, 0.1) is 5.75 Å². The Morgan fingerprint density at radius 3 is 2.03 bits per heavy atom. The lowest BCUT2D eigenvalue weighted by atomic mass is 10.1. The minimum absolute atomic E-state index is 0.188. The molecule has 1 heterocycles. The molecular weight excluding hydrogens is 444 g/mol. The lowest BCUT2D eigenvalue weighted by Crippen LogP contribution is -2.54. The summed E-state index contributed by atoms with van der Waals surface area (Å²) in [6, 6.07) is 8.02. The van der Waals surface area contributed by atoms with Crippen LogP contribution in [0.4, 0.5) is 5.69 Å². The number of guanidine groups is 2. The normalized spacial score (nSPS) is 15.2. The molecule has 0 aliphatic carbocycles. The highest BCUT2D eigenvalue weighted by molar-refractivity contribution is 7.85. The van der Waals surface area contributed by atoms with Gasteiger partial charge < -0.3 is 16.4 Å². The molecule has 186 valence electrons. The van der Waals surface area contributed by atoms with E-state index in [0.29, 0.717) is 12.4 Å². The highest BCUT2D eigenvalue weighted by Crippen LogP contribution is 2.27. The fraction of sp³-hybridized carbons (Fsp3) is 0.591. The zero-order valence-corrected chi connectivity index (χ0v) is 21.1. The van der Waals surface area contributed by atoms with Gasteiger partial charge in [0, 0.05) is 25.2 Å². The maximum absolute atomic E-state index is 12.4. The van der Waals surface area contributed by atoms with Crippen LogP contribution >= 0.6 is 0 Å². The van der Waals surface area contributed by atoms with Gasteiger partial charge in [0.15, 0.2) is 0 Å². The summed E-state index contributed by atoms with van der Waals surface area (Å²) in [5, 5.41) is 0. The Bertz CT molecular complexity index is 936. The third-order valence-corrected chi connectivity index (χ3v) is 5.65. The molecule has 0 saturated heterocycles. The van der Waals surface area contributed by atoms with Crippen LogP contribution in [-0.4, -0.2) is 60.2 Å². The summed E-state index contributed by atoms with van der Waals surface area (Å²) < 4.78 is 26.9. The zero-order chi connectivity index (χ0) is 25.2. The van der Waals surface area contributed by atoms with Gasteiger partial charge in [-0.05, 0) is 57.7 Å². The molecule has 1 aromatic rings. The van der Waals surface area contributed by atoms with Crippen LogP contribution in [0.2, 0.25) is 0 Å². The number of nitrogens with two attached hydrogens (primary N) is 2. The van der Waals surface area contributed by atoms with Gasteiger partial charge in [-0.2, -0.15) is 13.4 Å². The fourth-order valence-corrected chi connectivity index (χ4v) is 3.37. The van der Waals surface area contributed by atoms with E-state index in [0.717, 1.165) is 43.6 Å². The van der Waals surface area contributed by atoms with Crippen LogP contribution in [0.1, 0.15) is 59.4 Å². The van der Waals surface area contributed by atoms with E-state index in [9.17, 15) is 13.2 Å². The number of benzene rings is 1. The quantitative estimate of drug-likeness (QED) is 0.456. The van der Waals surface area contributed by atoms with E-state index in [1.165, 1.54) is 6.92 Å². The first-order chi connectivity index (χ1) is 15.3. The van der Waals surface area contributed by atoms with E-state index < -0.39 is 15.8 Å². The lowest BCUT2D eigenvalue weighted by molar-refractivity contribution is -0.131. The van der Waals surface area contributed by atoms with Crippen molar-refractivity contribution in [3.8, 4) is 0 Å². The molecule has 0 fully saturated rings. The van der Waals surface area contributed by atoms with Crippen molar-refractivity contribution in [1.29, 1.82) is 0 Å².